The van der Waals surface area contributed by atoms with Crippen LogP contribution in [0.4, 0.5) is 0 Å². The lowest BCUT2D eigenvalue weighted by atomic mass is 10.2. The van der Waals surface area contributed by atoms with Crippen molar-refractivity contribution in [3.63, 3.8) is 0 Å². The molecule has 0 bridgehead atoms. The summed E-state index contributed by atoms with van der Waals surface area (Å²) < 4.78 is 27.0. The summed E-state index contributed by atoms with van der Waals surface area (Å²) in [6.45, 7) is 2.58. The monoisotopic (exact) mass is 298 g/mol. The van der Waals surface area contributed by atoms with Crippen molar-refractivity contribution in [1.82, 2.24) is 9.21 Å². The summed E-state index contributed by atoms with van der Waals surface area (Å²) in [4.78, 5) is 2.28. The topological polar surface area (TPSA) is 60.9 Å². The van der Waals surface area contributed by atoms with Gasteiger partial charge in [-0.3, -0.25) is 0 Å². The third kappa shape index (κ3) is 3.03. The normalized spacial score (nSPS) is 24.4. The molecule has 20 heavy (non-hydrogen) atoms. The number of aryl methyl sites for hydroxylation is 1. The van der Waals surface area contributed by atoms with Crippen molar-refractivity contribution in [2.45, 2.75) is 30.4 Å². The van der Waals surface area contributed by atoms with E-state index in [0.29, 0.717) is 17.9 Å². The molecular formula is C14H22N2O3S. The van der Waals surface area contributed by atoms with E-state index in [2.05, 4.69) is 0 Å². The molecule has 0 aliphatic carbocycles. The van der Waals surface area contributed by atoms with Crippen LogP contribution in [0.3, 0.4) is 0 Å². The van der Waals surface area contributed by atoms with E-state index in [1.807, 2.05) is 25.1 Å². The highest BCUT2D eigenvalue weighted by Crippen LogP contribution is 2.28. The van der Waals surface area contributed by atoms with Gasteiger partial charge in [-0.1, -0.05) is 18.2 Å². The third-order valence-electron chi connectivity index (χ3n) is 3.60. The van der Waals surface area contributed by atoms with Gasteiger partial charge in [0.15, 0.2) is 0 Å². The number of hydrogen-bond acceptors (Lipinski definition) is 4. The maximum atomic E-state index is 12.8. The molecule has 1 heterocycles. The summed E-state index contributed by atoms with van der Waals surface area (Å²) in [5, 5.41) is 9.84. The Labute approximate surface area is 120 Å². The van der Waals surface area contributed by atoms with Crippen molar-refractivity contribution in [3.05, 3.63) is 29.8 Å². The minimum absolute atomic E-state index is 0.176. The molecule has 1 fully saturated rings. The lowest BCUT2D eigenvalue weighted by molar-refractivity contribution is 0.188. The fourth-order valence-corrected chi connectivity index (χ4v) is 4.61. The van der Waals surface area contributed by atoms with E-state index < -0.39 is 16.1 Å². The van der Waals surface area contributed by atoms with Crippen LogP contribution in [0.1, 0.15) is 12.0 Å². The molecule has 2 rings (SSSR count). The summed E-state index contributed by atoms with van der Waals surface area (Å²) in [5.74, 6) is 0. The summed E-state index contributed by atoms with van der Waals surface area (Å²) >= 11 is 0. The first-order chi connectivity index (χ1) is 9.32. The highest BCUT2D eigenvalue weighted by Gasteiger charge is 2.40. The van der Waals surface area contributed by atoms with E-state index in [9.17, 15) is 13.5 Å². The van der Waals surface area contributed by atoms with Crippen LogP contribution in [0.15, 0.2) is 29.2 Å². The van der Waals surface area contributed by atoms with Crippen molar-refractivity contribution in [1.29, 1.82) is 0 Å². The standard InChI is InChI=1S/C14H22N2O3S/c1-11-6-4-5-7-14(11)20(18,19)16-10-13(17)8-12(16)9-15(2)3/h4-7,12-13,17H,8-10H2,1-3H3. The average Bonchev–Trinajstić information content (AvgIpc) is 2.70. The van der Waals surface area contributed by atoms with Gasteiger partial charge in [0.1, 0.15) is 0 Å². The molecular weight excluding hydrogens is 276 g/mol. The van der Waals surface area contributed by atoms with Gasteiger partial charge in [-0.2, -0.15) is 4.31 Å². The second-order valence-corrected chi connectivity index (χ2v) is 7.50. The Morgan fingerprint density at radius 3 is 2.60 bits per heavy atom. The first-order valence-corrected chi connectivity index (χ1v) is 8.16. The Morgan fingerprint density at radius 1 is 1.35 bits per heavy atom. The van der Waals surface area contributed by atoms with Crippen molar-refractivity contribution in [2.75, 3.05) is 27.2 Å². The van der Waals surface area contributed by atoms with Crippen molar-refractivity contribution < 1.29 is 13.5 Å². The first-order valence-electron chi connectivity index (χ1n) is 6.72. The number of likely N-dealkylation sites (N-methyl/N-ethyl adjacent to an activating group) is 1. The van der Waals surface area contributed by atoms with Gasteiger partial charge in [-0.15, -0.1) is 0 Å². The number of aliphatic hydroxyl groups excluding tert-OH is 1. The van der Waals surface area contributed by atoms with Crippen LogP contribution >= 0.6 is 0 Å². The summed E-state index contributed by atoms with van der Waals surface area (Å²) in [6, 6.07) is 6.80. The molecule has 1 aromatic carbocycles. The number of hydrogen-bond donors (Lipinski definition) is 1. The zero-order valence-electron chi connectivity index (χ0n) is 12.2. The Balaban J connectivity index is 2.35. The van der Waals surface area contributed by atoms with Crippen molar-refractivity contribution >= 4 is 10.0 Å². The molecule has 1 N–H and O–H groups in total. The fourth-order valence-electron chi connectivity index (χ4n) is 2.72. The van der Waals surface area contributed by atoms with E-state index >= 15 is 0 Å². The van der Waals surface area contributed by atoms with Gasteiger partial charge in [0.25, 0.3) is 0 Å². The largest absolute Gasteiger partial charge is 0.392 e. The van der Waals surface area contributed by atoms with Crippen LogP contribution in [-0.2, 0) is 10.0 Å². The van der Waals surface area contributed by atoms with Gasteiger partial charge >= 0.3 is 0 Å². The lowest BCUT2D eigenvalue weighted by Crippen LogP contribution is -2.41. The SMILES string of the molecule is Cc1ccccc1S(=O)(=O)N1CC(O)CC1CN(C)C. The lowest BCUT2D eigenvalue weighted by Gasteiger charge is -2.26. The molecule has 0 aromatic heterocycles. The minimum atomic E-state index is -3.55. The molecule has 1 aliphatic heterocycles. The van der Waals surface area contributed by atoms with Gasteiger partial charge in [0.05, 0.1) is 11.0 Å². The molecule has 112 valence electrons. The van der Waals surface area contributed by atoms with Gasteiger partial charge < -0.3 is 10.0 Å². The zero-order valence-corrected chi connectivity index (χ0v) is 13.0. The van der Waals surface area contributed by atoms with E-state index in [4.69, 9.17) is 0 Å². The highest BCUT2D eigenvalue weighted by molar-refractivity contribution is 7.89. The first kappa shape index (κ1) is 15.4. The molecule has 5 nitrogen and oxygen atoms in total. The third-order valence-corrected chi connectivity index (χ3v) is 5.68. The number of aliphatic hydroxyl groups is 1. The Bertz CT molecular complexity index is 572. The highest BCUT2D eigenvalue weighted by atomic mass is 32.2. The molecule has 1 aliphatic rings. The van der Waals surface area contributed by atoms with Crippen LogP contribution < -0.4 is 0 Å². The number of nitrogens with zero attached hydrogens (tertiary/aromatic N) is 2. The Morgan fingerprint density at radius 2 is 2.00 bits per heavy atom. The zero-order chi connectivity index (χ0) is 14.9. The summed E-state index contributed by atoms with van der Waals surface area (Å²) in [5.41, 5.74) is 0.734. The molecule has 1 aromatic rings. The minimum Gasteiger partial charge on any atom is -0.392 e. The van der Waals surface area contributed by atoms with Crippen molar-refractivity contribution in [3.8, 4) is 0 Å². The number of β-amino-alcohol motifs (C(OH)–C–C–N with tert-alkyl or cyclic N) is 1. The second kappa shape index (κ2) is 5.81. The van der Waals surface area contributed by atoms with E-state index in [0.717, 1.165) is 5.56 Å². The molecule has 2 unspecified atom stereocenters. The molecule has 6 heteroatoms. The number of sulfonamides is 1. The quantitative estimate of drug-likeness (QED) is 0.888. The van der Waals surface area contributed by atoms with E-state index in [-0.39, 0.29) is 12.6 Å². The predicted molar refractivity (Wildman–Crippen MR) is 78.0 cm³/mol. The smallest absolute Gasteiger partial charge is 0.243 e. The van der Waals surface area contributed by atoms with Gasteiger partial charge in [-0.25, -0.2) is 8.42 Å². The van der Waals surface area contributed by atoms with E-state index in [1.54, 1.807) is 25.1 Å². The maximum absolute atomic E-state index is 12.8. The number of benzene rings is 1. The van der Waals surface area contributed by atoms with Crippen molar-refractivity contribution in [2.24, 2.45) is 0 Å². The molecule has 0 saturated carbocycles. The van der Waals surface area contributed by atoms with Crippen LogP contribution in [0.2, 0.25) is 0 Å². The maximum Gasteiger partial charge on any atom is 0.243 e. The Hall–Kier alpha value is -0.950. The van der Waals surface area contributed by atoms with Crippen LogP contribution in [0.5, 0.6) is 0 Å². The van der Waals surface area contributed by atoms with Gasteiger partial charge in [0, 0.05) is 19.1 Å². The van der Waals surface area contributed by atoms with Gasteiger partial charge in [0.2, 0.25) is 10.0 Å². The molecule has 2 atom stereocenters. The second-order valence-electron chi connectivity index (χ2n) is 5.65. The predicted octanol–water partition coefficient (Wildman–Crippen LogP) is 0.681. The average molecular weight is 298 g/mol. The van der Waals surface area contributed by atoms with E-state index in [1.165, 1.54) is 4.31 Å². The van der Waals surface area contributed by atoms with Crippen LogP contribution in [-0.4, -0.2) is 62.1 Å². The molecule has 0 amide bonds. The van der Waals surface area contributed by atoms with Crippen LogP contribution in [0, 0.1) is 6.92 Å². The van der Waals surface area contributed by atoms with Crippen LogP contribution in [0.25, 0.3) is 0 Å². The fraction of sp³-hybridized carbons (Fsp3) is 0.571. The molecule has 0 spiro atoms. The van der Waals surface area contributed by atoms with Gasteiger partial charge in [-0.05, 0) is 39.1 Å². The summed E-state index contributed by atoms with van der Waals surface area (Å²) in [6.07, 6.45) is -0.0951. The molecule has 0 radical (unpaired) electrons. The summed E-state index contributed by atoms with van der Waals surface area (Å²) in [7, 11) is 0.262. The Kier molecular flexibility index (Phi) is 4.49. The number of rotatable bonds is 4. The molecule has 1 saturated heterocycles.